The van der Waals surface area contributed by atoms with Crippen molar-refractivity contribution in [2.45, 2.75) is 39.5 Å². The van der Waals surface area contributed by atoms with Crippen LogP contribution in [0.25, 0.3) is 0 Å². The lowest BCUT2D eigenvalue weighted by Gasteiger charge is -2.26. The lowest BCUT2D eigenvalue weighted by atomic mass is 9.78. The summed E-state index contributed by atoms with van der Waals surface area (Å²) < 4.78 is 0. The molecule has 0 radical (unpaired) electrons. The summed E-state index contributed by atoms with van der Waals surface area (Å²) in [5.41, 5.74) is 1.13. The monoisotopic (exact) mass is 220 g/mol. The molecule has 1 rings (SSSR count). The van der Waals surface area contributed by atoms with E-state index in [1.54, 1.807) is 0 Å². The second-order valence-corrected chi connectivity index (χ2v) is 5.25. The first-order chi connectivity index (χ1) is 7.41. The minimum absolute atomic E-state index is 0.152. The van der Waals surface area contributed by atoms with Crippen molar-refractivity contribution in [1.82, 2.24) is 0 Å². The van der Waals surface area contributed by atoms with Gasteiger partial charge in [-0.05, 0) is 23.3 Å². The van der Waals surface area contributed by atoms with Crippen LogP contribution >= 0.6 is 0 Å². The molecule has 0 bridgehead atoms. The first kappa shape index (κ1) is 12.8. The number of carbonyl (C=O) groups is 1. The molecule has 0 heterocycles. The van der Waals surface area contributed by atoms with E-state index in [0.29, 0.717) is 5.92 Å². The summed E-state index contributed by atoms with van der Waals surface area (Å²) in [7, 11) is 0. The van der Waals surface area contributed by atoms with Gasteiger partial charge in [0.05, 0.1) is 6.42 Å². The van der Waals surface area contributed by atoms with Crippen molar-refractivity contribution in [3.8, 4) is 0 Å². The van der Waals surface area contributed by atoms with Crippen LogP contribution in [0.3, 0.4) is 0 Å². The van der Waals surface area contributed by atoms with Gasteiger partial charge in [-0.25, -0.2) is 0 Å². The van der Waals surface area contributed by atoms with Crippen molar-refractivity contribution in [2.75, 3.05) is 0 Å². The highest BCUT2D eigenvalue weighted by atomic mass is 16.4. The van der Waals surface area contributed by atoms with Gasteiger partial charge in [-0.1, -0.05) is 51.1 Å². The average molecular weight is 220 g/mol. The molecule has 16 heavy (non-hydrogen) atoms. The van der Waals surface area contributed by atoms with Gasteiger partial charge in [0.15, 0.2) is 0 Å². The quantitative estimate of drug-likeness (QED) is 0.821. The van der Waals surface area contributed by atoms with Crippen molar-refractivity contribution in [3.05, 3.63) is 35.9 Å². The number of carboxylic acid groups (broad SMARTS) is 1. The van der Waals surface area contributed by atoms with E-state index in [2.05, 4.69) is 19.1 Å². The number of aliphatic carboxylic acids is 1. The van der Waals surface area contributed by atoms with Gasteiger partial charge in [-0.3, -0.25) is 4.79 Å². The highest BCUT2D eigenvalue weighted by Gasteiger charge is 2.24. The van der Waals surface area contributed by atoms with Crippen LogP contribution in [0.2, 0.25) is 0 Å². The van der Waals surface area contributed by atoms with E-state index in [-0.39, 0.29) is 11.8 Å². The summed E-state index contributed by atoms with van der Waals surface area (Å²) in [4.78, 5) is 10.7. The molecule has 0 amide bonds. The highest BCUT2D eigenvalue weighted by molar-refractivity contribution is 5.67. The third kappa shape index (κ3) is 4.05. The highest BCUT2D eigenvalue weighted by Crippen LogP contribution is 2.33. The SMILES string of the molecule is CC(CC(C)(C)CC(=O)O)c1ccccc1. The molecule has 1 unspecified atom stereocenters. The standard InChI is InChI=1S/C14H20O2/c1-11(12-7-5-4-6-8-12)9-14(2,3)10-13(15)16/h4-8,11H,9-10H2,1-3H3,(H,15,16). The molecule has 1 atom stereocenters. The van der Waals surface area contributed by atoms with Crippen LogP contribution in [-0.2, 0) is 4.79 Å². The number of benzene rings is 1. The van der Waals surface area contributed by atoms with E-state index in [1.807, 2.05) is 32.0 Å². The molecule has 2 heteroatoms. The molecule has 2 nitrogen and oxygen atoms in total. The minimum atomic E-state index is -0.717. The zero-order valence-corrected chi connectivity index (χ0v) is 10.2. The van der Waals surface area contributed by atoms with Gasteiger partial charge in [0.25, 0.3) is 0 Å². The van der Waals surface area contributed by atoms with Crippen molar-refractivity contribution >= 4 is 5.97 Å². The molecule has 1 aromatic rings. The number of hydrogen-bond donors (Lipinski definition) is 1. The maximum Gasteiger partial charge on any atom is 0.303 e. The lowest BCUT2D eigenvalue weighted by molar-refractivity contribution is -0.139. The predicted octanol–water partition coefficient (Wildman–Crippen LogP) is 3.68. The lowest BCUT2D eigenvalue weighted by Crippen LogP contribution is -2.19. The molecule has 0 aliphatic rings. The molecule has 0 aliphatic heterocycles. The first-order valence-corrected chi connectivity index (χ1v) is 5.67. The average Bonchev–Trinajstić information content (AvgIpc) is 2.16. The van der Waals surface area contributed by atoms with E-state index in [9.17, 15) is 4.79 Å². The fourth-order valence-electron chi connectivity index (χ4n) is 2.21. The third-order valence-corrected chi connectivity index (χ3v) is 2.86. The van der Waals surface area contributed by atoms with Crippen LogP contribution in [0.15, 0.2) is 30.3 Å². The molecule has 0 aromatic heterocycles. The van der Waals surface area contributed by atoms with Crippen LogP contribution in [-0.4, -0.2) is 11.1 Å². The first-order valence-electron chi connectivity index (χ1n) is 5.67. The van der Waals surface area contributed by atoms with Crippen molar-refractivity contribution < 1.29 is 9.90 Å². The molecule has 1 N–H and O–H groups in total. The largest absolute Gasteiger partial charge is 0.481 e. The zero-order valence-electron chi connectivity index (χ0n) is 10.2. The zero-order chi connectivity index (χ0) is 12.2. The Labute approximate surface area is 97.3 Å². The van der Waals surface area contributed by atoms with Crippen molar-refractivity contribution in [1.29, 1.82) is 0 Å². The van der Waals surface area contributed by atoms with E-state index >= 15 is 0 Å². The maximum absolute atomic E-state index is 10.7. The van der Waals surface area contributed by atoms with Crippen LogP contribution < -0.4 is 0 Å². The third-order valence-electron chi connectivity index (χ3n) is 2.86. The Bertz CT molecular complexity index is 341. The second-order valence-electron chi connectivity index (χ2n) is 5.25. The summed E-state index contributed by atoms with van der Waals surface area (Å²) in [5, 5.41) is 8.83. The molecule has 0 saturated carbocycles. The Balaban J connectivity index is 2.64. The fraction of sp³-hybridized carbons (Fsp3) is 0.500. The van der Waals surface area contributed by atoms with Crippen LogP contribution in [0.5, 0.6) is 0 Å². The van der Waals surface area contributed by atoms with Crippen LogP contribution in [0.1, 0.15) is 45.1 Å². The van der Waals surface area contributed by atoms with Gasteiger partial charge >= 0.3 is 5.97 Å². The van der Waals surface area contributed by atoms with Crippen molar-refractivity contribution in [3.63, 3.8) is 0 Å². The fourth-order valence-corrected chi connectivity index (χ4v) is 2.21. The maximum atomic E-state index is 10.7. The Hall–Kier alpha value is -1.31. The molecule has 88 valence electrons. The van der Waals surface area contributed by atoms with Crippen LogP contribution in [0, 0.1) is 5.41 Å². The Morgan fingerprint density at radius 3 is 2.38 bits per heavy atom. The van der Waals surface area contributed by atoms with Gasteiger partial charge < -0.3 is 5.11 Å². The normalized spacial score (nSPS) is 13.4. The smallest absolute Gasteiger partial charge is 0.303 e. The van der Waals surface area contributed by atoms with Crippen LogP contribution in [0.4, 0.5) is 0 Å². The number of rotatable bonds is 5. The van der Waals surface area contributed by atoms with Crippen molar-refractivity contribution in [2.24, 2.45) is 5.41 Å². The minimum Gasteiger partial charge on any atom is -0.481 e. The predicted molar refractivity (Wildman–Crippen MR) is 65.5 cm³/mol. The van der Waals surface area contributed by atoms with Gasteiger partial charge in [-0.2, -0.15) is 0 Å². The summed E-state index contributed by atoms with van der Waals surface area (Å²) >= 11 is 0. The van der Waals surface area contributed by atoms with Gasteiger partial charge in [0.1, 0.15) is 0 Å². The summed E-state index contributed by atoms with van der Waals surface area (Å²) in [6.45, 7) is 6.18. The number of hydrogen-bond acceptors (Lipinski definition) is 1. The van der Waals surface area contributed by atoms with Gasteiger partial charge in [-0.15, -0.1) is 0 Å². The van der Waals surface area contributed by atoms with E-state index in [1.165, 1.54) is 5.56 Å². The molecule has 0 saturated heterocycles. The van der Waals surface area contributed by atoms with E-state index in [4.69, 9.17) is 5.11 Å². The summed E-state index contributed by atoms with van der Waals surface area (Å²) in [5.74, 6) is -0.319. The molecule has 0 spiro atoms. The topological polar surface area (TPSA) is 37.3 Å². The van der Waals surface area contributed by atoms with E-state index < -0.39 is 5.97 Å². The molecular weight excluding hydrogens is 200 g/mol. The van der Waals surface area contributed by atoms with E-state index in [0.717, 1.165) is 6.42 Å². The summed E-state index contributed by atoms with van der Waals surface area (Å²) in [6, 6.07) is 10.2. The van der Waals surface area contributed by atoms with Gasteiger partial charge in [0.2, 0.25) is 0 Å². The molecule has 0 fully saturated rings. The molecular formula is C14H20O2. The second kappa shape index (κ2) is 5.15. The Morgan fingerprint density at radius 2 is 1.88 bits per heavy atom. The van der Waals surface area contributed by atoms with Gasteiger partial charge in [0, 0.05) is 0 Å². The molecule has 0 aliphatic carbocycles. The number of carboxylic acids is 1. The molecule has 1 aromatic carbocycles. The Kier molecular flexibility index (Phi) is 4.11. The summed E-state index contributed by atoms with van der Waals surface area (Å²) in [6.07, 6.45) is 1.12. The Morgan fingerprint density at radius 1 is 1.31 bits per heavy atom.